The van der Waals surface area contributed by atoms with Gasteiger partial charge in [-0.05, 0) is 29.8 Å². The zero-order valence-electron chi connectivity index (χ0n) is 20.5. The summed E-state index contributed by atoms with van der Waals surface area (Å²) < 4.78 is 30.6. The molecule has 0 aliphatic carbocycles. The van der Waals surface area contributed by atoms with Crippen molar-refractivity contribution in [1.29, 1.82) is 0 Å². The molecule has 0 N–H and O–H groups in total. The van der Waals surface area contributed by atoms with E-state index in [2.05, 4.69) is 5.16 Å². The first-order valence-corrected chi connectivity index (χ1v) is 11.9. The van der Waals surface area contributed by atoms with Gasteiger partial charge in [0.2, 0.25) is 5.91 Å². The fourth-order valence-corrected chi connectivity index (χ4v) is 4.11. The van der Waals surface area contributed by atoms with E-state index in [0.717, 1.165) is 5.56 Å². The predicted octanol–water partition coefficient (Wildman–Crippen LogP) is 3.72. The Bertz CT molecular complexity index is 1170. The fourth-order valence-electron chi connectivity index (χ4n) is 4.11. The van der Waals surface area contributed by atoms with Crippen molar-refractivity contribution in [2.75, 3.05) is 33.4 Å². The maximum Gasteiger partial charge on any atom is 0.276 e. The molecule has 0 bridgehead atoms. The van der Waals surface area contributed by atoms with Crippen molar-refractivity contribution in [2.45, 2.75) is 31.9 Å². The summed E-state index contributed by atoms with van der Waals surface area (Å²) in [5, 5.41) is 3.90. The number of halogens is 1. The van der Waals surface area contributed by atoms with E-state index < -0.39 is 5.60 Å². The first kappa shape index (κ1) is 25.4. The van der Waals surface area contributed by atoms with Crippen LogP contribution in [-0.2, 0) is 22.5 Å². The predicted molar refractivity (Wildman–Crippen MR) is 130 cm³/mol. The summed E-state index contributed by atoms with van der Waals surface area (Å²) >= 11 is 0. The molecule has 36 heavy (non-hydrogen) atoms. The first-order chi connectivity index (χ1) is 17.4. The Balaban J connectivity index is 1.51. The van der Waals surface area contributed by atoms with Crippen LogP contribution in [0.5, 0.6) is 5.75 Å². The molecule has 0 radical (unpaired) electrons. The molecule has 8 nitrogen and oxygen atoms in total. The number of amides is 2. The molecule has 3 aromatic rings. The maximum absolute atomic E-state index is 13.3. The highest BCUT2D eigenvalue weighted by Crippen LogP contribution is 2.27. The number of morpholine rings is 1. The van der Waals surface area contributed by atoms with Crippen LogP contribution in [0.3, 0.4) is 0 Å². The number of rotatable bonds is 9. The van der Waals surface area contributed by atoms with Crippen LogP contribution in [0.1, 0.15) is 35.2 Å². The summed E-state index contributed by atoms with van der Waals surface area (Å²) in [5.41, 5.74) is 0.125. The van der Waals surface area contributed by atoms with Gasteiger partial charge < -0.3 is 23.8 Å². The van der Waals surface area contributed by atoms with E-state index in [-0.39, 0.29) is 49.5 Å². The minimum Gasteiger partial charge on any atom is -0.490 e. The number of hydrogen-bond donors (Lipinski definition) is 0. The number of carbonyl (C=O) groups is 2. The summed E-state index contributed by atoms with van der Waals surface area (Å²) in [4.78, 5) is 29.7. The molecule has 1 aromatic heterocycles. The Morgan fingerprint density at radius 2 is 1.92 bits per heavy atom. The molecule has 1 aliphatic heterocycles. The molecule has 1 saturated heterocycles. The van der Waals surface area contributed by atoms with Crippen LogP contribution in [0.2, 0.25) is 0 Å². The van der Waals surface area contributed by atoms with Gasteiger partial charge >= 0.3 is 0 Å². The van der Waals surface area contributed by atoms with Gasteiger partial charge in [-0.2, -0.15) is 0 Å². The smallest absolute Gasteiger partial charge is 0.276 e. The zero-order chi connectivity index (χ0) is 25.5. The topological polar surface area (TPSA) is 85.1 Å². The Morgan fingerprint density at radius 3 is 2.61 bits per heavy atom. The van der Waals surface area contributed by atoms with E-state index in [0.29, 0.717) is 31.0 Å². The van der Waals surface area contributed by atoms with Gasteiger partial charge in [0.05, 0.1) is 19.6 Å². The van der Waals surface area contributed by atoms with E-state index in [9.17, 15) is 14.0 Å². The van der Waals surface area contributed by atoms with Crippen LogP contribution >= 0.6 is 0 Å². The van der Waals surface area contributed by atoms with E-state index in [1.54, 1.807) is 22.9 Å². The minimum atomic E-state index is -1.10. The first-order valence-electron chi connectivity index (χ1n) is 11.9. The van der Waals surface area contributed by atoms with Gasteiger partial charge in [0, 0.05) is 32.6 Å². The number of ether oxygens (including phenoxy) is 2. The molecule has 2 heterocycles. The van der Waals surface area contributed by atoms with Crippen molar-refractivity contribution >= 4 is 11.8 Å². The molecule has 9 heteroatoms. The van der Waals surface area contributed by atoms with Gasteiger partial charge in [-0.15, -0.1) is 0 Å². The van der Waals surface area contributed by atoms with Gasteiger partial charge in [-0.1, -0.05) is 42.4 Å². The van der Waals surface area contributed by atoms with E-state index in [1.807, 2.05) is 37.3 Å². The Kier molecular flexibility index (Phi) is 8.00. The third kappa shape index (κ3) is 6.28. The number of nitrogens with zero attached hydrogens (tertiary/aromatic N) is 3. The lowest BCUT2D eigenvalue weighted by atomic mass is 9.96. The summed E-state index contributed by atoms with van der Waals surface area (Å²) in [6.45, 7) is 3.07. The van der Waals surface area contributed by atoms with Crippen molar-refractivity contribution in [3.63, 3.8) is 0 Å². The van der Waals surface area contributed by atoms with E-state index >= 15 is 0 Å². The molecule has 0 spiro atoms. The van der Waals surface area contributed by atoms with Crippen molar-refractivity contribution in [1.82, 2.24) is 15.0 Å². The average molecular weight is 496 g/mol. The summed E-state index contributed by atoms with van der Waals surface area (Å²) in [6.07, 6.45) is 0.626. The van der Waals surface area contributed by atoms with Gasteiger partial charge in [0.1, 0.15) is 29.5 Å². The average Bonchev–Trinajstić information content (AvgIpc) is 3.38. The molecule has 0 saturated carbocycles. The lowest BCUT2D eigenvalue weighted by molar-refractivity contribution is -0.152. The Hall–Kier alpha value is -3.72. The second-order valence-corrected chi connectivity index (χ2v) is 8.94. The second-order valence-electron chi connectivity index (χ2n) is 8.94. The van der Waals surface area contributed by atoms with Crippen molar-refractivity contribution < 1.29 is 28.0 Å². The lowest BCUT2D eigenvalue weighted by Crippen LogP contribution is -2.58. The SMILES string of the molecule is CCc1cc(C(=O)N2CCO[C@@](COc3ccc(F)cc3)(CC(=O)N(C)Cc3ccccc3)C2)no1. The molecule has 2 aromatic carbocycles. The Morgan fingerprint density at radius 1 is 1.17 bits per heavy atom. The number of aryl methyl sites for hydroxylation is 1. The number of benzene rings is 2. The van der Waals surface area contributed by atoms with Crippen LogP contribution in [0, 0.1) is 5.82 Å². The summed E-state index contributed by atoms with van der Waals surface area (Å²) in [6, 6.07) is 16.9. The molecule has 1 atom stereocenters. The largest absolute Gasteiger partial charge is 0.490 e. The van der Waals surface area contributed by atoms with Crippen LogP contribution in [0.4, 0.5) is 4.39 Å². The van der Waals surface area contributed by atoms with Crippen molar-refractivity contribution in [2.24, 2.45) is 0 Å². The standard InChI is InChI=1S/C27H30FN3O5/c1-3-22-15-24(29-36-22)26(33)31-13-14-35-27(18-31,19-34-23-11-9-21(28)10-12-23)16-25(32)30(2)17-20-7-5-4-6-8-20/h4-12,15H,3,13-14,16-19H2,1-2H3/t27-/m0/s1. The molecule has 4 rings (SSSR count). The fraction of sp³-hybridized carbons (Fsp3) is 0.370. The second kappa shape index (κ2) is 11.3. The van der Waals surface area contributed by atoms with Crippen LogP contribution in [0.15, 0.2) is 65.2 Å². The molecule has 1 fully saturated rings. The molecule has 1 aliphatic rings. The number of aromatic nitrogens is 1. The zero-order valence-corrected chi connectivity index (χ0v) is 20.5. The van der Waals surface area contributed by atoms with Crippen LogP contribution in [0.25, 0.3) is 0 Å². The van der Waals surface area contributed by atoms with Crippen molar-refractivity contribution in [3.8, 4) is 5.75 Å². The highest BCUT2D eigenvalue weighted by Gasteiger charge is 2.42. The monoisotopic (exact) mass is 495 g/mol. The van der Waals surface area contributed by atoms with Gasteiger partial charge in [-0.3, -0.25) is 9.59 Å². The van der Waals surface area contributed by atoms with Gasteiger partial charge in [0.15, 0.2) is 5.69 Å². The summed E-state index contributed by atoms with van der Waals surface area (Å²) in [5.74, 6) is 0.246. The quantitative estimate of drug-likeness (QED) is 0.450. The van der Waals surface area contributed by atoms with E-state index in [1.165, 1.54) is 24.3 Å². The minimum absolute atomic E-state index is 0.000331. The Labute approximate surface area is 209 Å². The highest BCUT2D eigenvalue weighted by molar-refractivity contribution is 5.92. The third-order valence-corrected chi connectivity index (χ3v) is 6.14. The van der Waals surface area contributed by atoms with Crippen molar-refractivity contribution in [3.05, 3.63) is 83.5 Å². The normalized spacial score (nSPS) is 17.6. The molecule has 0 unspecified atom stereocenters. The van der Waals surface area contributed by atoms with E-state index in [4.69, 9.17) is 14.0 Å². The summed E-state index contributed by atoms with van der Waals surface area (Å²) in [7, 11) is 1.73. The third-order valence-electron chi connectivity index (χ3n) is 6.14. The molecule has 2 amide bonds. The lowest BCUT2D eigenvalue weighted by Gasteiger charge is -2.42. The number of hydrogen-bond acceptors (Lipinski definition) is 6. The van der Waals surface area contributed by atoms with Gasteiger partial charge in [0.25, 0.3) is 5.91 Å². The molecular formula is C27H30FN3O5. The van der Waals surface area contributed by atoms with Crippen LogP contribution in [-0.4, -0.2) is 65.7 Å². The maximum atomic E-state index is 13.3. The number of carbonyl (C=O) groups excluding carboxylic acids is 2. The molecule has 190 valence electrons. The highest BCUT2D eigenvalue weighted by atomic mass is 19.1. The molecular weight excluding hydrogens is 465 g/mol. The van der Waals surface area contributed by atoms with Crippen LogP contribution < -0.4 is 4.74 Å². The van der Waals surface area contributed by atoms with Gasteiger partial charge in [-0.25, -0.2) is 4.39 Å².